The Balaban J connectivity index is 1.43. The second-order valence-electron chi connectivity index (χ2n) is 8.26. The number of carbonyl (C=O) groups is 1. The van der Waals surface area contributed by atoms with Crippen molar-refractivity contribution in [1.29, 1.82) is 0 Å². The average Bonchev–Trinajstić information content (AvgIpc) is 3.52. The summed E-state index contributed by atoms with van der Waals surface area (Å²) in [5.41, 5.74) is 1.47. The molecule has 35 heavy (non-hydrogen) atoms. The SMILES string of the molecule is CS(=O)(=O)c1ccc(C(=NOC2CCCC2)C(=O)Nc2ncc(CNCc3ccccn3)s2)cc1. The van der Waals surface area contributed by atoms with Crippen molar-refractivity contribution in [2.24, 2.45) is 5.16 Å². The normalized spacial score (nSPS) is 14.7. The van der Waals surface area contributed by atoms with Crippen LogP contribution in [0.3, 0.4) is 0 Å². The molecule has 4 rings (SSSR count). The van der Waals surface area contributed by atoms with E-state index in [1.807, 2.05) is 18.2 Å². The Hall–Kier alpha value is -3.15. The largest absolute Gasteiger partial charge is 0.392 e. The monoisotopic (exact) mass is 513 g/mol. The van der Waals surface area contributed by atoms with Crippen LogP contribution in [0.2, 0.25) is 0 Å². The summed E-state index contributed by atoms with van der Waals surface area (Å²) in [6.45, 7) is 1.21. The zero-order valence-corrected chi connectivity index (χ0v) is 20.9. The summed E-state index contributed by atoms with van der Waals surface area (Å²) in [4.78, 5) is 28.5. The fourth-order valence-corrected chi connectivity index (χ4v) is 5.03. The summed E-state index contributed by atoms with van der Waals surface area (Å²) < 4.78 is 23.6. The Morgan fingerprint density at radius 1 is 1.11 bits per heavy atom. The topological polar surface area (TPSA) is 123 Å². The molecular weight excluding hydrogens is 486 g/mol. The van der Waals surface area contributed by atoms with Crippen LogP contribution in [0.5, 0.6) is 0 Å². The van der Waals surface area contributed by atoms with Gasteiger partial charge in [-0.1, -0.05) is 23.4 Å². The summed E-state index contributed by atoms with van der Waals surface area (Å²) >= 11 is 1.36. The van der Waals surface area contributed by atoms with Gasteiger partial charge in [-0.2, -0.15) is 0 Å². The lowest BCUT2D eigenvalue weighted by molar-refractivity contribution is -0.110. The fraction of sp³-hybridized carbons (Fsp3) is 0.333. The van der Waals surface area contributed by atoms with Crippen molar-refractivity contribution in [1.82, 2.24) is 15.3 Å². The van der Waals surface area contributed by atoms with Gasteiger partial charge in [0.15, 0.2) is 20.7 Å². The molecule has 184 valence electrons. The van der Waals surface area contributed by atoms with Crippen LogP contribution in [0, 0.1) is 0 Å². The first-order valence-electron chi connectivity index (χ1n) is 11.3. The molecule has 9 nitrogen and oxygen atoms in total. The molecule has 0 bridgehead atoms. The van der Waals surface area contributed by atoms with E-state index in [4.69, 9.17) is 4.84 Å². The Morgan fingerprint density at radius 2 is 1.89 bits per heavy atom. The third-order valence-electron chi connectivity index (χ3n) is 5.47. The van der Waals surface area contributed by atoms with Gasteiger partial charge in [0, 0.05) is 42.2 Å². The summed E-state index contributed by atoms with van der Waals surface area (Å²) in [6, 6.07) is 11.8. The summed E-state index contributed by atoms with van der Waals surface area (Å²) in [5.74, 6) is -0.475. The van der Waals surface area contributed by atoms with Crippen LogP contribution in [0.1, 0.15) is 41.8 Å². The molecule has 1 aliphatic rings. The molecule has 3 aromatic rings. The van der Waals surface area contributed by atoms with Crippen LogP contribution >= 0.6 is 11.3 Å². The molecule has 0 unspecified atom stereocenters. The zero-order valence-electron chi connectivity index (χ0n) is 19.3. The number of benzene rings is 1. The van der Waals surface area contributed by atoms with Gasteiger partial charge in [-0.05, 0) is 49.9 Å². The highest BCUT2D eigenvalue weighted by Crippen LogP contribution is 2.22. The van der Waals surface area contributed by atoms with E-state index >= 15 is 0 Å². The number of thiazole rings is 1. The molecule has 0 spiro atoms. The van der Waals surface area contributed by atoms with E-state index in [2.05, 4.69) is 25.8 Å². The van der Waals surface area contributed by atoms with Crippen molar-refractivity contribution in [3.8, 4) is 0 Å². The average molecular weight is 514 g/mol. The first-order valence-corrected chi connectivity index (χ1v) is 14.0. The minimum absolute atomic E-state index is 0.0234. The smallest absolute Gasteiger partial charge is 0.280 e. The first kappa shape index (κ1) is 25.0. The maximum Gasteiger partial charge on any atom is 0.280 e. The molecule has 2 heterocycles. The third-order valence-corrected chi connectivity index (χ3v) is 7.51. The van der Waals surface area contributed by atoms with Gasteiger partial charge in [-0.3, -0.25) is 15.1 Å². The zero-order chi connectivity index (χ0) is 24.7. The van der Waals surface area contributed by atoms with E-state index in [9.17, 15) is 13.2 Å². The molecule has 0 aliphatic heterocycles. The van der Waals surface area contributed by atoms with Crippen LogP contribution in [-0.4, -0.2) is 42.4 Å². The summed E-state index contributed by atoms with van der Waals surface area (Å²) in [7, 11) is -3.35. The van der Waals surface area contributed by atoms with Gasteiger partial charge in [-0.15, -0.1) is 11.3 Å². The van der Waals surface area contributed by atoms with Crippen LogP contribution in [-0.2, 0) is 32.6 Å². The maximum atomic E-state index is 13.1. The number of hydrogen-bond acceptors (Lipinski definition) is 9. The van der Waals surface area contributed by atoms with Crippen molar-refractivity contribution in [2.45, 2.75) is 49.8 Å². The summed E-state index contributed by atoms with van der Waals surface area (Å²) in [6.07, 6.45) is 8.50. The number of rotatable bonds is 10. The van der Waals surface area contributed by atoms with Crippen LogP contribution in [0.25, 0.3) is 0 Å². The lowest BCUT2D eigenvalue weighted by atomic mass is 10.1. The predicted octanol–water partition coefficient (Wildman–Crippen LogP) is 3.53. The predicted molar refractivity (Wildman–Crippen MR) is 135 cm³/mol. The third kappa shape index (κ3) is 7.17. The molecular formula is C24H27N5O4S2. The van der Waals surface area contributed by atoms with Gasteiger partial charge in [0.1, 0.15) is 6.10 Å². The Kier molecular flexibility index (Phi) is 8.21. The van der Waals surface area contributed by atoms with Crippen molar-refractivity contribution in [2.75, 3.05) is 11.6 Å². The van der Waals surface area contributed by atoms with E-state index in [1.165, 1.54) is 23.5 Å². The van der Waals surface area contributed by atoms with Crippen molar-refractivity contribution in [3.05, 3.63) is 71.0 Å². The molecule has 1 aliphatic carbocycles. The fourth-order valence-electron chi connectivity index (χ4n) is 3.63. The van der Waals surface area contributed by atoms with E-state index in [-0.39, 0.29) is 16.7 Å². The van der Waals surface area contributed by atoms with Crippen molar-refractivity contribution in [3.63, 3.8) is 0 Å². The van der Waals surface area contributed by atoms with E-state index in [1.54, 1.807) is 24.5 Å². The standard InChI is InChI=1S/C24H27N5O4S2/c1-35(31,32)21-11-9-17(10-12-21)22(29-33-19-7-2-3-8-19)23(30)28-24-27-16-20(34-24)15-25-14-18-6-4-5-13-26-18/h4-6,9-13,16,19,25H,2-3,7-8,14-15H2,1H3,(H,27,28,30). The molecule has 1 fully saturated rings. The first-order chi connectivity index (χ1) is 16.9. The minimum atomic E-state index is -3.35. The van der Waals surface area contributed by atoms with Gasteiger partial charge in [-0.25, -0.2) is 13.4 Å². The molecule has 11 heteroatoms. The van der Waals surface area contributed by atoms with Gasteiger partial charge in [0.05, 0.1) is 10.6 Å². The number of hydrogen-bond donors (Lipinski definition) is 2. The van der Waals surface area contributed by atoms with E-state index < -0.39 is 15.7 Å². The highest BCUT2D eigenvalue weighted by atomic mass is 32.2. The van der Waals surface area contributed by atoms with Crippen LogP contribution in [0.15, 0.2) is 64.9 Å². The number of nitrogens with one attached hydrogen (secondary N) is 2. The molecule has 1 aromatic carbocycles. The lowest BCUT2D eigenvalue weighted by Crippen LogP contribution is -2.25. The highest BCUT2D eigenvalue weighted by Gasteiger charge is 2.21. The number of pyridine rings is 1. The molecule has 2 N–H and O–H groups in total. The van der Waals surface area contributed by atoms with Crippen molar-refractivity contribution >= 4 is 37.9 Å². The number of aromatic nitrogens is 2. The maximum absolute atomic E-state index is 13.1. The lowest BCUT2D eigenvalue weighted by Gasteiger charge is -2.10. The molecule has 0 atom stereocenters. The van der Waals surface area contributed by atoms with Gasteiger partial charge in [0.2, 0.25) is 0 Å². The number of anilines is 1. The molecule has 2 aromatic heterocycles. The Labute approximate surface area is 208 Å². The van der Waals surface area contributed by atoms with Gasteiger partial charge >= 0.3 is 0 Å². The molecule has 1 saturated carbocycles. The highest BCUT2D eigenvalue weighted by molar-refractivity contribution is 7.90. The number of oxime groups is 1. The van der Waals surface area contributed by atoms with Gasteiger partial charge in [0.25, 0.3) is 5.91 Å². The number of sulfone groups is 1. The second kappa shape index (κ2) is 11.5. The second-order valence-corrected chi connectivity index (χ2v) is 11.4. The quantitative estimate of drug-likeness (QED) is 0.314. The van der Waals surface area contributed by atoms with Crippen molar-refractivity contribution < 1.29 is 18.0 Å². The van der Waals surface area contributed by atoms with Crippen LogP contribution in [0.4, 0.5) is 5.13 Å². The number of carbonyl (C=O) groups excluding carboxylic acids is 1. The van der Waals surface area contributed by atoms with Crippen LogP contribution < -0.4 is 10.6 Å². The number of amides is 1. The minimum Gasteiger partial charge on any atom is -0.392 e. The van der Waals surface area contributed by atoms with Gasteiger partial charge < -0.3 is 10.2 Å². The Bertz CT molecular complexity index is 1270. The summed E-state index contributed by atoms with van der Waals surface area (Å²) in [5, 5.41) is 10.7. The van der Waals surface area contributed by atoms with E-state index in [0.717, 1.165) is 42.5 Å². The Morgan fingerprint density at radius 3 is 2.57 bits per heavy atom. The van der Waals surface area contributed by atoms with E-state index in [0.29, 0.717) is 23.8 Å². The molecule has 0 saturated heterocycles. The molecule has 1 amide bonds. The molecule has 0 radical (unpaired) electrons. The number of nitrogens with zero attached hydrogens (tertiary/aromatic N) is 3.